The maximum absolute atomic E-state index is 12.9. The molecular formula is C24H27N7O3. The summed E-state index contributed by atoms with van der Waals surface area (Å²) in [4.78, 5) is 44.3. The summed E-state index contributed by atoms with van der Waals surface area (Å²) in [6.07, 6.45) is 2.27. The lowest BCUT2D eigenvalue weighted by molar-refractivity contribution is -0.117. The molecule has 1 aliphatic carbocycles. The molecule has 176 valence electrons. The molecule has 0 bridgehead atoms. The van der Waals surface area contributed by atoms with Crippen LogP contribution in [0.1, 0.15) is 59.4 Å². The number of aryl methyl sites for hydroxylation is 1. The van der Waals surface area contributed by atoms with Crippen molar-refractivity contribution in [2.24, 2.45) is 13.0 Å². The quantitative estimate of drug-likeness (QED) is 0.539. The van der Waals surface area contributed by atoms with Gasteiger partial charge in [0.1, 0.15) is 5.82 Å². The molecule has 1 amide bonds. The summed E-state index contributed by atoms with van der Waals surface area (Å²) < 4.78 is 25.4. The largest absolute Gasteiger partial charge is 0.361 e. The monoisotopic (exact) mass is 464 g/mol. The van der Waals surface area contributed by atoms with Crippen LogP contribution in [0, 0.1) is 5.92 Å². The number of hydrogen-bond acceptors (Lipinski definition) is 7. The first-order chi connectivity index (χ1) is 17.4. The molecule has 10 heteroatoms. The molecule has 1 saturated carbocycles. The van der Waals surface area contributed by atoms with Gasteiger partial charge in [0.25, 0.3) is 0 Å². The molecule has 1 aromatic carbocycles. The van der Waals surface area contributed by atoms with Crippen LogP contribution in [0.15, 0.2) is 35.3 Å². The molecule has 0 radical (unpaired) electrons. The number of Topliss-reactive ketones (excluding diaryl/α,β-unsaturated/α-hetero) is 1. The average molecular weight is 465 g/mol. The Bertz CT molecular complexity index is 1470. The van der Waals surface area contributed by atoms with Crippen molar-refractivity contribution < 1.29 is 13.7 Å². The highest BCUT2D eigenvalue weighted by molar-refractivity contribution is 6.03. The summed E-state index contributed by atoms with van der Waals surface area (Å²) in [5.74, 6) is 0.0594. The summed E-state index contributed by atoms with van der Waals surface area (Å²) in [6.45, 7) is -0.520. The Morgan fingerprint density at radius 3 is 2.76 bits per heavy atom. The highest BCUT2D eigenvalue weighted by Crippen LogP contribution is 2.42. The molecule has 34 heavy (non-hydrogen) atoms. The average Bonchev–Trinajstić information content (AvgIpc) is 3.62. The zero-order valence-electron chi connectivity index (χ0n) is 22.1. The van der Waals surface area contributed by atoms with Crippen molar-refractivity contribution in [3.63, 3.8) is 0 Å². The van der Waals surface area contributed by atoms with Gasteiger partial charge in [-0.15, -0.1) is 0 Å². The first-order valence-corrected chi connectivity index (χ1v) is 11.1. The van der Waals surface area contributed by atoms with E-state index in [-0.39, 0.29) is 34.9 Å². The Labute approximate surface area is 200 Å². The molecule has 3 heterocycles. The van der Waals surface area contributed by atoms with E-state index in [4.69, 9.17) is 4.11 Å². The number of hydrogen-bond donors (Lipinski definition) is 2. The Morgan fingerprint density at radius 1 is 1.24 bits per heavy atom. The molecule has 5 rings (SSSR count). The van der Waals surface area contributed by atoms with E-state index in [0.29, 0.717) is 28.6 Å². The Morgan fingerprint density at radius 2 is 2.03 bits per heavy atom. The van der Waals surface area contributed by atoms with Gasteiger partial charge in [-0.1, -0.05) is 12.9 Å². The molecule has 2 N–H and O–H groups in total. The second-order valence-electron chi connectivity index (χ2n) is 8.66. The lowest BCUT2D eigenvalue weighted by Crippen LogP contribution is -2.34. The van der Waals surface area contributed by atoms with Gasteiger partial charge in [0.05, 0.1) is 34.4 Å². The fourth-order valence-electron chi connectivity index (χ4n) is 4.19. The van der Waals surface area contributed by atoms with Crippen LogP contribution in [-0.2, 0) is 11.8 Å². The van der Waals surface area contributed by atoms with E-state index >= 15 is 0 Å². The molecule has 0 spiro atoms. The summed E-state index contributed by atoms with van der Waals surface area (Å²) in [6, 6.07) is 6.68. The first kappa shape index (κ1) is 18.5. The van der Waals surface area contributed by atoms with Gasteiger partial charge in [-0.3, -0.25) is 9.59 Å². The topological polar surface area (TPSA) is 114 Å². The van der Waals surface area contributed by atoms with Gasteiger partial charge in [0, 0.05) is 42.8 Å². The molecule has 2 aromatic heterocycles. The van der Waals surface area contributed by atoms with E-state index in [0.717, 1.165) is 12.8 Å². The first-order valence-electron chi connectivity index (χ1n) is 12.6. The van der Waals surface area contributed by atoms with Crippen molar-refractivity contribution in [3.05, 3.63) is 52.3 Å². The molecule has 0 saturated heterocycles. The molecule has 10 nitrogen and oxygen atoms in total. The number of rotatable bonds is 6. The van der Waals surface area contributed by atoms with Crippen molar-refractivity contribution in [2.75, 3.05) is 22.6 Å². The number of fused-ring (bicyclic) bond motifs is 3. The fraction of sp³-hybridized carbons (Fsp3) is 0.375. The fourth-order valence-corrected chi connectivity index (χ4v) is 4.19. The maximum Gasteiger partial charge on any atom is 0.350 e. The minimum Gasteiger partial charge on any atom is -0.361 e. The van der Waals surface area contributed by atoms with Crippen molar-refractivity contribution in [1.82, 2.24) is 19.3 Å². The molecule has 1 atom stereocenters. The van der Waals surface area contributed by atoms with Crippen molar-refractivity contribution in [2.45, 2.75) is 39.1 Å². The third-order valence-corrected chi connectivity index (χ3v) is 6.35. The number of aromatic nitrogens is 4. The number of benzene rings is 1. The van der Waals surface area contributed by atoms with E-state index in [1.54, 1.807) is 23.7 Å². The Hall–Kier alpha value is -3.95. The summed E-state index contributed by atoms with van der Waals surface area (Å²) in [7, 11) is 3.48. The minimum absolute atomic E-state index is 0.0432. The number of anilines is 4. The standard InChI is InChI=1S/C24H27N7O3/c1-5-19(32)15-12-25-20(27-23(33)14-9-10-14)11-17(15)26-16-7-6-8-18-21(16)29(3)13(2)22-28-30(4)24(34)31(18)22/h6-8,11-14H,5,9-10H2,1-4H3,(H2,25,26,27,33)/i1D3. The van der Waals surface area contributed by atoms with E-state index < -0.39 is 19.1 Å². The number of ketones is 1. The molecular weight excluding hydrogens is 434 g/mol. The minimum atomic E-state index is -2.45. The SMILES string of the molecule is [2H]C([2H])([2H])CC(=O)c1cnc(NC(=O)C2CC2)cc1Nc1cccc2c1N(C)C(C)c1nn(C)c(=O)n1-2. The zero-order valence-corrected chi connectivity index (χ0v) is 19.1. The van der Waals surface area contributed by atoms with Crippen LogP contribution in [0.5, 0.6) is 0 Å². The summed E-state index contributed by atoms with van der Waals surface area (Å²) in [5.41, 5.74) is 2.01. The summed E-state index contributed by atoms with van der Waals surface area (Å²) in [5, 5.41) is 10.4. The van der Waals surface area contributed by atoms with Crippen molar-refractivity contribution in [1.29, 1.82) is 0 Å². The number of pyridine rings is 1. The van der Waals surface area contributed by atoms with Gasteiger partial charge >= 0.3 is 5.69 Å². The molecule has 3 aromatic rings. The van der Waals surface area contributed by atoms with Crippen molar-refractivity contribution >= 4 is 34.6 Å². The van der Waals surface area contributed by atoms with Gasteiger partial charge in [0.15, 0.2) is 11.6 Å². The van der Waals surface area contributed by atoms with Gasteiger partial charge in [-0.2, -0.15) is 5.10 Å². The second-order valence-corrected chi connectivity index (χ2v) is 8.66. The third kappa shape index (κ3) is 3.55. The predicted octanol–water partition coefficient (Wildman–Crippen LogP) is 3.16. The molecule has 1 aliphatic heterocycles. The van der Waals surface area contributed by atoms with E-state index in [2.05, 4.69) is 20.7 Å². The highest BCUT2D eigenvalue weighted by Gasteiger charge is 2.32. The van der Waals surface area contributed by atoms with Crippen LogP contribution < -0.4 is 21.2 Å². The van der Waals surface area contributed by atoms with Crippen LogP contribution in [0.3, 0.4) is 0 Å². The van der Waals surface area contributed by atoms with Crippen LogP contribution in [0.25, 0.3) is 5.69 Å². The smallest absolute Gasteiger partial charge is 0.350 e. The van der Waals surface area contributed by atoms with Crippen LogP contribution in [-0.4, -0.2) is 38.1 Å². The van der Waals surface area contributed by atoms with E-state index in [9.17, 15) is 14.4 Å². The zero-order chi connectivity index (χ0) is 26.6. The van der Waals surface area contributed by atoms with Gasteiger partial charge in [-0.25, -0.2) is 19.0 Å². The van der Waals surface area contributed by atoms with Gasteiger partial charge in [0.2, 0.25) is 5.91 Å². The lowest BCUT2D eigenvalue weighted by atomic mass is 10.1. The molecule has 2 aliphatic rings. The highest BCUT2D eigenvalue weighted by atomic mass is 16.2. The number of nitrogens with one attached hydrogen (secondary N) is 2. The third-order valence-electron chi connectivity index (χ3n) is 6.35. The second kappa shape index (κ2) is 8.12. The van der Waals surface area contributed by atoms with E-state index in [1.807, 2.05) is 24.9 Å². The normalized spacial score (nSPS) is 18.3. The van der Waals surface area contributed by atoms with E-state index in [1.165, 1.54) is 16.9 Å². The number of para-hydroxylation sites is 1. The van der Waals surface area contributed by atoms with Crippen LogP contribution in [0.4, 0.5) is 22.9 Å². The van der Waals surface area contributed by atoms with Crippen LogP contribution >= 0.6 is 0 Å². The number of amides is 1. The Kier molecular flexibility index (Phi) is 4.41. The van der Waals surface area contributed by atoms with Crippen LogP contribution in [0.2, 0.25) is 0 Å². The van der Waals surface area contributed by atoms with Gasteiger partial charge in [-0.05, 0) is 31.9 Å². The van der Waals surface area contributed by atoms with Crippen molar-refractivity contribution in [3.8, 4) is 5.69 Å². The molecule has 1 unspecified atom stereocenters. The number of nitrogens with zero attached hydrogens (tertiary/aromatic N) is 5. The Balaban J connectivity index is 1.59. The number of carbonyl (C=O) groups excluding carboxylic acids is 2. The lowest BCUT2D eigenvalue weighted by Gasteiger charge is -2.35. The predicted molar refractivity (Wildman–Crippen MR) is 129 cm³/mol. The number of carbonyl (C=O) groups is 2. The summed E-state index contributed by atoms with van der Waals surface area (Å²) >= 11 is 0. The maximum atomic E-state index is 12.9. The van der Waals surface area contributed by atoms with Gasteiger partial charge < -0.3 is 15.5 Å². The molecule has 1 fully saturated rings.